The van der Waals surface area contributed by atoms with Crippen molar-refractivity contribution in [2.24, 2.45) is 5.92 Å². The lowest BCUT2D eigenvalue weighted by Gasteiger charge is -2.28. The van der Waals surface area contributed by atoms with Crippen molar-refractivity contribution in [3.8, 4) is 0 Å². The molecule has 0 spiro atoms. The Hall–Kier alpha value is -2.50. The van der Waals surface area contributed by atoms with Crippen LogP contribution in [0.3, 0.4) is 0 Å². The summed E-state index contributed by atoms with van der Waals surface area (Å²) >= 11 is 0. The predicted octanol–water partition coefficient (Wildman–Crippen LogP) is 2.65. The molecule has 1 aliphatic carbocycles. The van der Waals surface area contributed by atoms with Crippen LogP contribution in [0.1, 0.15) is 42.3 Å². The predicted molar refractivity (Wildman–Crippen MR) is 94.9 cm³/mol. The summed E-state index contributed by atoms with van der Waals surface area (Å²) in [5.74, 6) is 1.27. The van der Waals surface area contributed by atoms with Gasteiger partial charge >= 0.3 is 0 Å². The quantitative estimate of drug-likeness (QED) is 0.908. The van der Waals surface area contributed by atoms with E-state index in [9.17, 15) is 4.79 Å². The van der Waals surface area contributed by atoms with Crippen molar-refractivity contribution in [2.75, 3.05) is 11.9 Å². The molecule has 3 heterocycles. The molecule has 4 rings (SSSR count). The van der Waals surface area contributed by atoms with Crippen molar-refractivity contribution in [1.82, 2.24) is 19.9 Å². The third-order valence-corrected chi connectivity index (χ3v) is 5.04. The number of hydrogen-bond acceptors (Lipinski definition) is 5. The van der Waals surface area contributed by atoms with Gasteiger partial charge in [0.15, 0.2) is 0 Å². The minimum absolute atomic E-state index is 0.0966. The Morgan fingerprint density at radius 1 is 1.28 bits per heavy atom. The lowest BCUT2D eigenvalue weighted by atomic mass is 9.94. The topological polar surface area (TPSA) is 71.0 Å². The number of aryl methyl sites for hydroxylation is 2. The second-order valence-electron chi connectivity index (χ2n) is 7.05. The molecule has 0 aromatic carbocycles. The molecule has 1 amide bonds. The fourth-order valence-corrected chi connectivity index (χ4v) is 3.71. The van der Waals surface area contributed by atoms with Gasteiger partial charge in [-0.25, -0.2) is 4.98 Å². The molecule has 1 saturated carbocycles. The van der Waals surface area contributed by atoms with Gasteiger partial charge in [-0.05, 0) is 38.3 Å². The van der Waals surface area contributed by atoms with Gasteiger partial charge in [0.25, 0.3) is 0 Å². The third kappa shape index (κ3) is 3.21. The van der Waals surface area contributed by atoms with E-state index in [0.717, 1.165) is 35.6 Å². The van der Waals surface area contributed by atoms with Crippen LogP contribution in [0, 0.1) is 19.8 Å². The largest absolute Gasteiger partial charge is 0.368 e. The average molecular weight is 337 g/mol. The Morgan fingerprint density at radius 3 is 2.84 bits per heavy atom. The van der Waals surface area contributed by atoms with Gasteiger partial charge in [0, 0.05) is 43.5 Å². The molecule has 2 fully saturated rings. The molecule has 1 aliphatic heterocycles. The van der Waals surface area contributed by atoms with Gasteiger partial charge < -0.3 is 10.2 Å². The van der Waals surface area contributed by atoms with E-state index < -0.39 is 0 Å². The Kier molecular flexibility index (Phi) is 4.11. The van der Waals surface area contributed by atoms with Crippen LogP contribution in [0.2, 0.25) is 0 Å². The van der Waals surface area contributed by atoms with Crippen LogP contribution in [-0.2, 0) is 4.79 Å². The maximum absolute atomic E-state index is 12.6. The molecule has 0 bridgehead atoms. The Bertz CT molecular complexity index is 775. The summed E-state index contributed by atoms with van der Waals surface area (Å²) in [5, 5.41) is 3.42. The van der Waals surface area contributed by atoms with E-state index in [0.29, 0.717) is 19.0 Å². The van der Waals surface area contributed by atoms with Crippen molar-refractivity contribution >= 4 is 11.7 Å². The van der Waals surface area contributed by atoms with Crippen LogP contribution in [0.25, 0.3) is 0 Å². The highest BCUT2D eigenvalue weighted by atomic mass is 16.2. The summed E-state index contributed by atoms with van der Waals surface area (Å²) in [6, 6.07) is 4.53. The highest BCUT2D eigenvalue weighted by Gasteiger charge is 2.47. The fourth-order valence-electron chi connectivity index (χ4n) is 3.71. The van der Waals surface area contributed by atoms with Crippen LogP contribution < -0.4 is 5.32 Å². The highest BCUT2D eigenvalue weighted by Crippen LogP contribution is 2.44. The van der Waals surface area contributed by atoms with Crippen LogP contribution >= 0.6 is 0 Å². The van der Waals surface area contributed by atoms with Crippen molar-refractivity contribution in [3.05, 3.63) is 47.7 Å². The number of nitrogens with one attached hydrogen (secondary N) is 1. The van der Waals surface area contributed by atoms with Gasteiger partial charge in [0.2, 0.25) is 5.91 Å². The van der Waals surface area contributed by atoms with Crippen molar-refractivity contribution < 1.29 is 4.79 Å². The molecule has 6 heteroatoms. The van der Waals surface area contributed by atoms with Gasteiger partial charge in [-0.15, -0.1) is 0 Å². The number of aromatic nitrogens is 3. The molecule has 25 heavy (non-hydrogen) atoms. The molecule has 6 nitrogen and oxygen atoms in total. The summed E-state index contributed by atoms with van der Waals surface area (Å²) in [6.07, 6.45) is 8.24. The highest BCUT2D eigenvalue weighted by molar-refractivity contribution is 5.80. The minimum Gasteiger partial charge on any atom is -0.368 e. The standard InChI is InChI=1S/C19H23N5O/c1-12-9-21-13(2)19(23-12)22-11-15-8-17(25)24(16-5-6-16)18(15)14-4-3-7-20-10-14/h3-4,7,9-10,15-16,18H,5-6,8,11H2,1-2H3,(H,22,23)/t15-,18-/m0/s1. The summed E-state index contributed by atoms with van der Waals surface area (Å²) < 4.78 is 0. The van der Waals surface area contributed by atoms with Crippen molar-refractivity contribution in [2.45, 2.75) is 45.2 Å². The Labute approximate surface area is 147 Å². The van der Waals surface area contributed by atoms with Gasteiger partial charge in [-0.2, -0.15) is 0 Å². The number of pyridine rings is 1. The number of rotatable bonds is 5. The molecule has 1 N–H and O–H groups in total. The first-order valence-electron chi connectivity index (χ1n) is 8.88. The van der Waals surface area contributed by atoms with Gasteiger partial charge in [-0.1, -0.05) is 6.07 Å². The lowest BCUT2D eigenvalue weighted by molar-refractivity contribution is -0.129. The zero-order valence-electron chi connectivity index (χ0n) is 14.6. The van der Waals surface area contributed by atoms with Gasteiger partial charge in [0.1, 0.15) is 5.82 Å². The first-order chi connectivity index (χ1) is 12.1. The molecular weight excluding hydrogens is 314 g/mol. The smallest absolute Gasteiger partial charge is 0.223 e. The molecule has 1 saturated heterocycles. The fraction of sp³-hybridized carbons (Fsp3) is 0.474. The summed E-state index contributed by atoms with van der Waals surface area (Å²) in [4.78, 5) is 27.9. The SMILES string of the molecule is Cc1cnc(C)c(NC[C@@H]2CC(=O)N(C3CC3)[C@H]2c2cccnc2)n1. The normalized spacial score (nSPS) is 23.1. The van der Waals surface area contributed by atoms with Crippen LogP contribution in [0.15, 0.2) is 30.7 Å². The van der Waals surface area contributed by atoms with E-state index in [1.807, 2.05) is 26.1 Å². The zero-order valence-corrected chi connectivity index (χ0v) is 14.6. The number of amides is 1. The van der Waals surface area contributed by atoms with E-state index >= 15 is 0 Å². The van der Waals surface area contributed by atoms with Crippen molar-refractivity contribution in [3.63, 3.8) is 0 Å². The maximum Gasteiger partial charge on any atom is 0.223 e. The second-order valence-corrected chi connectivity index (χ2v) is 7.05. The van der Waals surface area contributed by atoms with E-state index in [1.165, 1.54) is 0 Å². The Morgan fingerprint density at radius 2 is 2.12 bits per heavy atom. The molecule has 130 valence electrons. The second kappa shape index (κ2) is 6.43. The van der Waals surface area contributed by atoms with Crippen LogP contribution in [0.5, 0.6) is 0 Å². The molecule has 0 radical (unpaired) electrons. The molecular formula is C19H23N5O. The van der Waals surface area contributed by atoms with Gasteiger partial charge in [-0.3, -0.25) is 14.8 Å². The summed E-state index contributed by atoms with van der Waals surface area (Å²) in [5.41, 5.74) is 2.89. The summed E-state index contributed by atoms with van der Waals surface area (Å²) in [7, 11) is 0. The average Bonchev–Trinajstić information content (AvgIpc) is 3.39. The van der Waals surface area contributed by atoms with Crippen LogP contribution in [0.4, 0.5) is 5.82 Å². The minimum atomic E-state index is 0.0966. The Balaban J connectivity index is 1.57. The molecule has 2 aromatic heterocycles. The molecule has 2 atom stereocenters. The summed E-state index contributed by atoms with van der Waals surface area (Å²) in [6.45, 7) is 4.58. The molecule has 2 aromatic rings. The van der Waals surface area contributed by atoms with Crippen molar-refractivity contribution in [1.29, 1.82) is 0 Å². The van der Waals surface area contributed by atoms with E-state index in [4.69, 9.17) is 0 Å². The molecule has 2 aliphatic rings. The number of carbonyl (C=O) groups excluding carboxylic acids is 1. The number of anilines is 1. The first kappa shape index (κ1) is 16.0. The van der Waals surface area contributed by atoms with E-state index in [1.54, 1.807) is 12.4 Å². The number of carbonyl (C=O) groups is 1. The monoisotopic (exact) mass is 337 g/mol. The van der Waals surface area contributed by atoms with Crippen LogP contribution in [-0.4, -0.2) is 38.3 Å². The van der Waals surface area contributed by atoms with E-state index in [2.05, 4.69) is 31.2 Å². The lowest BCUT2D eigenvalue weighted by Crippen LogP contribution is -2.32. The number of hydrogen-bond donors (Lipinski definition) is 1. The zero-order chi connectivity index (χ0) is 17.4. The first-order valence-corrected chi connectivity index (χ1v) is 8.88. The molecule has 0 unspecified atom stereocenters. The number of nitrogens with zero attached hydrogens (tertiary/aromatic N) is 4. The maximum atomic E-state index is 12.6. The van der Waals surface area contributed by atoms with Gasteiger partial charge in [0.05, 0.1) is 17.4 Å². The third-order valence-electron chi connectivity index (χ3n) is 5.04. The number of likely N-dealkylation sites (tertiary alicyclic amines) is 1. The van der Waals surface area contributed by atoms with E-state index in [-0.39, 0.29) is 17.9 Å².